The predicted molar refractivity (Wildman–Crippen MR) is 114 cm³/mol. The van der Waals surface area contributed by atoms with E-state index in [1.165, 1.54) is 25.1 Å². The average molecular weight is 408 g/mol. The van der Waals surface area contributed by atoms with Gasteiger partial charge in [0.05, 0.1) is 12.2 Å². The first-order valence-corrected chi connectivity index (χ1v) is 10.6. The molecule has 0 saturated carbocycles. The SMILES string of the molecule is O=C([O-])c1ccccc1/C=N/Nc1nc(N2CCCCC2)nc(N2CCCCC2)n1. The van der Waals surface area contributed by atoms with Crippen LogP contribution in [0.5, 0.6) is 0 Å². The van der Waals surface area contributed by atoms with Gasteiger partial charge in [0.25, 0.3) is 0 Å². The summed E-state index contributed by atoms with van der Waals surface area (Å²) in [5.41, 5.74) is 3.39. The van der Waals surface area contributed by atoms with E-state index in [4.69, 9.17) is 4.98 Å². The minimum atomic E-state index is -1.24. The van der Waals surface area contributed by atoms with Crippen molar-refractivity contribution in [1.82, 2.24) is 15.0 Å². The number of aromatic nitrogens is 3. The van der Waals surface area contributed by atoms with Gasteiger partial charge >= 0.3 is 0 Å². The number of carboxylic acids is 1. The lowest BCUT2D eigenvalue weighted by Gasteiger charge is -2.30. The molecule has 3 heterocycles. The Bertz CT molecular complexity index is 870. The van der Waals surface area contributed by atoms with Gasteiger partial charge in [-0.25, -0.2) is 5.43 Å². The van der Waals surface area contributed by atoms with Crippen molar-refractivity contribution in [2.45, 2.75) is 38.5 Å². The number of carboxylic acid groups (broad SMARTS) is 1. The Labute approximate surface area is 175 Å². The number of carbonyl (C=O) groups excluding carboxylic acids is 1. The monoisotopic (exact) mass is 408 g/mol. The summed E-state index contributed by atoms with van der Waals surface area (Å²) in [6.07, 6.45) is 8.42. The van der Waals surface area contributed by atoms with Crippen LogP contribution in [-0.2, 0) is 0 Å². The fraction of sp³-hybridized carbons (Fsp3) is 0.476. The third kappa shape index (κ3) is 4.84. The van der Waals surface area contributed by atoms with Crippen LogP contribution in [0.2, 0.25) is 0 Å². The molecule has 0 bridgehead atoms. The number of nitrogens with zero attached hydrogens (tertiary/aromatic N) is 6. The van der Waals surface area contributed by atoms with Gasteiger partial charge in [0.1, 0.15) is 0 Å². The topological polar surface area (TPSA) is 110 Å². The second-order valence-electron chi connectivity index (χ2n) is 7.60. The number of anilines is 3. The Morgan fingerprint density at radius 1 is 0.900 bits per heavy atom. The molecule has 2 saturated heterocycles. The summed E-state index contributed by atoms with van der Waals surface area (Å²) in [6, 6.07) is 6.56. The molecule has 0 atom stereocenters. The Balaban J connectivity index is 1.57. The van der Waals surface area contributed by atoms with Crippen LogP contribution in [0.1, 0.15) is 54.4 Å². The van der Waals surface area contributed by atoms with E-state index >= 15 is 0 Å². The maximum absolute atomic E-state index is 11.3. The van der Waals surface area contributed by atoms with Crippen LogP contribution in [0.4, 0.5) is 17.8 Å². The average Bonchev–Trinajstić information content (AvgIpc) is 2.80. The Hall–Kier alpha value is -3.23. The highest BCUT2D eigenvalue weighted by Gasteiger charge is 2.20. The quantitative estimate of drug-likeness (QED) is 0.568. The molecule has 9 nitrogen and oxygen atoms in total. The van der Waals surface area contributed by atoms with E-state index < -0.39 is 5.97 Å². The molecule has 0 unspecified atom stereocenters. The third-order valence-electron chi connectivity index (χ3n) is 5.44. The van der Waals surface area contributed by atoms with Crippen molar-refractivity contribution in [3.8, 4) is 0 Å². The molecule has 2 aliphatic heterocycles. The third-order valence-corrected chi connectivity index (χ3v) is 5.44. The Morgan fingerprint density at radius 3 is 2.03 bits per heavy atom. The smallest absolute Gasteiger partial charge is 0.250 e. The Kier molecular flexibility index (Phi) is 6.36. The van der Waals surface area contributed by atoms with Gasteiger partial charge < -0.3 is 19.7 Å². The van der Waals surface area contributed by atoms with Crippen molar-refractivity contribution < 1.29 is 9.90 Å². The van der Waals surface area contributed by atoms with E-state index in [0.717, 1.165) is 51.9 Å². The number of hydrazone groups is 1. The lowest BCUT2D eigenvalue weighted by atomic mass is 10.1. The number of aromatic carboxylic acids is 1. The van der Waals surface area contributed by atoms with Crippen LogP contribution < -0.4 is 20.3 Å². The van der Waals surface area contributed by atoms with Gasteiger partial charge in [-0.05, 0) is 38.5 Å². The van der Waals surface area contributed by atoms with Gasteiger partial charge in [-0.1, -0.05) is 24.3 Å². The number of benzene rings is 1. The summed E-state index contributed by atoms with van der Waals surface area (Å²) in [7, 11) is 0. The molecule has 1 N–H and O–H groups in total. The molecule has 1 aromatic heterocycles. The number of piperidine rings is 2. The zero-order valence-corrected chi connectivity index (χ0v) is 17.0. The first kappa shape index (κ1) is 20.1. The second-order valence-corrected chi connectivity index (χ2v) is 7.60. The van der Waals surface area contributed by atoms with E-state index in [0.29, 0.717) is 23.4 Å². The molecule has 2 aromatic rings. The van der Waals surface area contributed by atoms with Gasteiger partial charge in [0.2, 0.25) is 17.8 Å². The molecule has 0 spiro atoms. The summed E-state index contributed by atoms with van der Waals surface area (Å²) in [5, 5.41) is 15.4. The summed E-state index contributed by atoms with van der Waals surface area (Å²) < 4.78 is 0. The van der Waals surface area contributed by atoms with Crippen LogP contribution in [-0.4, -0.2) is 53.3 Å². The van der Waals surface area contributed by atoms with Crippen LogP contribution in [0.25, 0.3) is 0 Å². The molecule has 2 aliphatic rings. The van der Waals surface area contributed by atoms with Gasteiger partial charge in [0, 0.05) is 37.3 Å². The molecular weight excluding hydrogens is 382 g/mol. The van der Waals surface area contributed by atoms with E-state index in [1.807, 2.05) is 0 Å². The number of nitrogens with one attached hydrogen (secondary N) is 1. The lowest BCUT2D eigenvalue weighted by Crippen LogP contribution is -2.34. The molecule has 0 amide bonds. The molecular formula is C21H26N7O2-. The molecule has 1 aromatic carbocycles. The number of hydrogen-bond acceptors (Lipinski definition) is 9. The number of rotatable bonds is 6. The number of carbonyl (C=O) groups is 1. The highest BCUT2D eigenvalue weighted by atomic mass is 16.4. The zero-order valence-electron chi connectivity index (χ0n) is 17.0. The molecule has 158 valence electrons. The minimum absolute atomic E-state index is 0.0849. The fourth-order valence-corrected chi connectivity index (χ4v) is 3.83. The highest BCUT2D eigenvalue weighted by molar-refractivity contribution is 5.97. The molecule has 0 aliphatic carbocycles. The first-order valence-electron chi connectivity index (χ1n) is 10.6. The second kappa shape index (κ2) is 9.51. The normalized spacial score (nSPS) is 17.3. The van der Waals surface area contributed by atoms with Gasteiger partial charge in [0.15, 0.2) is 0 Å². The van der Waals surface area contributed by atoms with Crippen LogP contribution in [0.15, 0.2) is 29.4 Å². The standard InChI is InChI=1S/C21H27N7O2/c29-18(30)17-10-4-3-9-16(17)15-22-26-19-23-20(27-11-5-1-6-12-27)25-21(24-19)28-13-7-2-8-14-28/h3-4,9-10,15H,1-2,5-8,11-14H2,(H,29,30)(H,23,24,25,26)/p-1/b22-15+. The van der Waals surface area contributed by atoms with E-state index in [-0.39, 0.29) is 5.56 Å². The van der Waals surface area contributed by atoms with E-state index in [1.54, 1.807) is 18.2 Å². The van der Waals surface area contributed by atoms with Crippen molar-refractivity contribution in [2.24, 2.45) is 5.10 Å². The first-order chi connectivity index (χ1) is 14.7. The summed E-state index contributed by atoms with van der Waals surface area (Å²) in [4.78, 5) is 29.5. The van der Waals surface area contributed by atoms with E-state index in [2.05, 4.69) is 30.3 Å². The minimum Gasteiger partial charge on any atom is -0.545 e. The van der Waals surface area contributed by atoms with Crippen LogP contribution in [0, 0.1) is 0 Å². The van der Waals surface area contributed by atoms with Crippen molar-refractivity contribution in [3.63, 3.8) is 0 Å². The van der Waals surface area contributed by atoms with Crippen LogP contribution in [0.3, 0.4) is 0 Å². The molecule has 0 radical (unpaired) electrons. The van der Waals surface area contributed by atoms with Crippen molar-refractivity contribution in [1.29, 1.82) is 0 Å². The van der Waals surface area contributed by atoms with Crippen molar-refractivity contribution in [2.75, 3.05) is 41.4 Å². The zero-order chi connectivity index (χ0) is 20.8. The Morgan fingerprint density at radius 2 is 1.47 bits per heavy atom. The number of hydrogen-bond donors (Lipinski definition) is 1. The van der Waals surface area contributed by atoms with Gasteiger partial charge in [-0.2, -0.15) is 20.1 Å². The van der Waals surface area contributed by atoms with Crippen molar-refractivity contribution in [3.05, 3.63) is 35.4 Å². The highest BCUT2D eigenvalue weighted by Crippen LogP contribution is 2.22. The summed E-state index contributed by atoms with van der Waals surface area (Å²) >= 11 is 0. The van der Waals surface area contributed by atoms with E-state index in [9.17, 15) is 9.90 Å². The molecule has 4 rings (SSSR count). The summed E-state index contributed by atoms with van der Waals surface area (Å²) in [6.45, 7) is 3.74. The lowest BCUT2D eigenvalue weighted by molar-refractivity contribution is -0.255. The predicted octanol–water partition coefficient (Wildman–Crippen LogP) is 1.66. The molecule has 2 fully saturated rings. The fourth-order valence-electron chi connectivity index (χ4n) is 3.83. The molecule has 30 heavy (non-hydrogen) atoms. The molecule has 9 heteroatoms. The largest absolute Gasteiger partial charge is 0.545 e. The van der Waals surface area contributed by atoms with Gasteiger partial charge in [-0.3, -0.25) is 0 Å². The summed E-state index contributed by atoms with van der Waals surface area (Å²) in [5.74, 6) is 0.446. The van der Waals surface area contributed by atoms with Crippen molar-refractivity contribution >= 4 is 30.0 Å². The van der Waals surface area contributed by atoms with Crippen LogP contribution >= 0.6 is 0 Å². The maximum atomic E-state index is 11.3. The maximum Gasteiger partial charge on any atom is 0.250 e. The van der Waals surface area contributed by atoms with Gasteiger partial charge in [-0.15, -0.1) is 0 Å².